The third kappa shape index (κ3) is 5.87. The van der Waals surface area contributed by atoms with Gasteiger partial charge in [0.15, 0.2) is 6.61 Å². The van der Waals surface area contributed by atoms with Gasteiger partial charge in [-0.15, -0.1) is 0 Å². The van der Waals surface area contributed by atoms with E-state index in [9.17, 15) is 4.79 Å². The third-order valence-corrected chi connectivity index (χ3v) is 4.15. The largest absolute Gasteiger partial charge is 0.494 e. The molecule has 1 amide bonds. The first-order valence-electron chi connectivity index (χ1n) is 9.41. The van der Waals surface area contributed by atoms with Crippen LogP contribution < -0.4 is 14.8 Å². The van der Waals surface area contributed by atoms with Gasteiger partial charge in [-0.1, -0.05) is 31.2 Å². The molecule has 0 saturated heterocycles. The van der Waals surface area contributed by atoms with E-state index in [1.165, 1.54) is 0 Å². The van der Waals surface area contributed by atoms with Crippen molar-refractivity contribution in [2.75, 3.05) is 13.2 Å². The second kappa shape index (κ2) is 10.2. The van der Waals surface area contributed by atoms with Crippen LogP contribution in [0.5, 0.6) is 11.5 Å². The van der Waals surface area contributed by atoms with E-state index in [2.05, 4.69) is 17.3 Å². The molecule has 0 aliphatic carbocycles. The summed E-state index contributed by atoms with van der Waals surface area (Å²) >= 11 is 0. The highest BCUT2D eigenvalue weighted by Crippen LogP contribution is 2.17. The predicted molar refractivity (Wildman–Crippen MR) is 107 cm³/mol. The van der Waals surface area contributed by atoms with Crippen molar-refractivity contribution >= 4 is 5.91 Å². The smallest absolute Gasteiger partial charge is 0.258 e. The lowest BCUT2D eigenvalue weighted by Crippen LogP contribution is -2.28. The Hall–Kier alpha value is -3.28. The van der Waals surface area contributed by atoms with Crippen LogP contribution in [0, 0.1) is 0 Å². The van der Waals surface area contributed by atoms with Crippen LogP contribution in [0.15, 0.2) is 67.0 Å². The average Bonchev–Trinajstić information content (AvgIpc) is 3.24. The van der Waals surface area contributed by atoms with Gasteiger partial charge in [0.2, 0.25) is 0 Å². The Morgan fingerprint density at radius 3 is 2.39 bits per heavy atom. The molecule has 0 saturated carbocycles. The molecule has 3 aromatic rings. The van der Waals surface area contributed by atoms with E-state index in [4.69, 9.17) is 9.47 Å². The second-order valence-electron chi connectivity index (χ2n) is 6.36. The molecule has 6 nitrogen and oxygen atoms in total. The van der Waals surface area contributed by atoms with Gasteiger partial charge >= 0.3 is 0 Å². The minimum absolute atomic E-state index is 0.0313. The fraction of sp³-hybridized carbons (Fsp3) is 0.273. The molecular formula is C22H25N3O3. The summed E-state index contributed by atoms with van der Waals surface area (Å²) in [5.74, 6) is 1.27. The normalized spacial score (nSPS) is 10.5. The Bertz CT molecular complexity index is 861. The highest BCUT2D eigenvalue weighted by atomic mass is 16.5. The minimum Gasteiger partial charge on any atom is -0.494 e. The number of amides is 1. The molecule has 0 unspecified atom stereocenters. The lowest BCUT2D eigenvalue weighted by molar-refractivity contribution is -0.123. The maximum absolute atomic E-state index is 12.1. The topological polar surface area (TPSA) is 65.4 Å². The summed E-state index contributed by atoms with van der Waals surface area (Å²) in [7, 11) is 0. The summed E-state index contributed by atoms with van der Waals surface area (Å²) in [5.41, 5.74) is 2.18. The predicted octanol–water partition coefficient (Wildman–Crippen LogP) is 3.42. The summed E-state index contributed by atoms with van der Waals surface area (Å²) < 4.78 is 12.9. The first kappa shape index (κ1) is 19.5. The number of carbonyl (C=O) groups is 1. The first-order chi connectivity index (χ1) is 13.7. The molecule has 28 heavy (non-hydrogen) atoms. The van der Waals surface area contributed by atoms with Gasteiger partial charge in [0, 0.05) is 18.9 Å². The number of nitrogens with one attached hydrogen (secondary N) is 1. The molecule has 0 bridgehead atoms. The van der Waals surface area contributed by atoms with E-state index < -0.39 is 0 Å². The minimum atomic E-state index is -0.166. The van der Waals surface area contributed by atoms with Crippen LogP contribution in [0.3, 0.4) is 0 Å². The average molecular weight is 379 g/mol. The molecule has 0 spiro atoms. The molecule has 0 aliphatic rings. The monoisotopic (exact) mass is 379 g/mol. The molecule has 1 N–H and O–H groups in total. The number of carbonyl (C=O) groups excluding carboxylic acids is 1. The van der Waals surface area contributed by atoms with Crippen LogP contribution in [-0.2, 0) is 17.9 Å². The molecule has 1 heterocycles. The van der Waals surface area contributed by atoms with Gasteiger partial charge in [-0.3, -0.25) is 9.48 Å². The maximum atomic E-state index is 12.1. The summed E-state index contributed by atoms with van der Waals surface area (Å²) in [4.78, 5) is 12.1. The van der Waals surface area contributed by atoms with E-state index in [0.29, 0.717) is 25.4 Å². The van der Waals surface area contributed by atoms with E-state index in [-0.39, 0.29) is 12.5 Å². The molecular weight excluding hydrogens is 354 g/mol. The van der Waals surface area contributed by atoms with E-state index in [1.54, 1.807) is 18.3 Å². The van der Waals surface area contributed by atoms with Crippen molar-refractivity contribution in [3.05, 3.63) is 78.1 Å². The van der Waals surface area contributed by atoms with Crippen molar-refractivity contribution in [2.45, 2.75) is 26.4 Å². The highest BCUT2D eigenvalue weighted by molar-refractivity contribution is 5.77. The van der Waals surface area contributed by atoms with Crippen LogP contribution in [0.1, 0.15) is 24.5 Å². The number of aromatic nitrogens is 2. The number of benzene rings is 2. The van der Waals surface area contributed by atoms with Gasteiger partial charge in [-0.2, -0.15) is 5.10 Å². The van der Waals surface area contributed by atoms with E-state index in [0.717, 1.165) is 23.3 Å². The Kier molecular flexibility index (Phi) is 7.07. The quantitative estimate of drug-likeness (QED) is 0.586. The SMILES string of the molecule is CCCOc1ccc(OCC(=O)NCc2ccccc2Cn2cccn2)cc1. The van der Waals surface area contributed by atoms with Crippen molar-refractivity contribution in [3.8, 4) is 11.5 Å². The van der Waals surface area contributed by atoms with Gasteiger partial charge in [-0.25, -0.2) is 0 Å². The molecule has 2 aromatic carbocycles. The van der Waals surface area contributed by atoms with Gasteiger partial charge in [0.25, 0.3) is 5.91 Å². The van der Waals surface area contributed by atoms with Crippen molar-refractivity contribution in [2.24, 2.45) is 0 Å². The zero-order chi connectivity index (χ0) is 19.6. The zero-order valence-electron chi connectivity index (χ0n) is 16.0. The summed E-state index contributed by atoms with van der Waals surface area (Å²) in [5, 5.41) is 7.14. The second-order valence-corrected chi connectivity index (χ2v) is 6.36. The maximum Gasteiger partial charge on any atom is 0.258 e. The van der Waals surface area contributed by atoms with Crippen molar-refractivity contribution in [1.82, 2.24) is 15.1 Å². The number of nitrogens with zero attached hydrogens (tertiary/aromatic N) is 2. The van der Waals surface area contributed by atoms with Crippen LogP contribution >= 0.6 is 0 Å². The standard InChI is InChI=1S/C22H25N3O3/c1-2-14-27-20-8-10-21(11-9-20)28-17-22(26)23-15-18-6-3-4-7-19(18)16-25-13-5-12-24-25/h3-13H,2,14-17H2,1H3,(H,23,26). The van der Waals surface area contributed by atoms with Crippen LogP contribution in [0.4, 0.5) is 0 Å². The van der Waals surface area contributed by atoms with Crippen LogP contribution in [-0.4, -0.2) is 28.9 Å². The van der Waals surface area contributed by atoms with Crippen molar-refractivity contribution < 1.29 is 14.3 Å². The van der Waals surface area contributed by atoms with Crippen molar-refractivity contribution in [1.29, 1.82) is 0 Å². The van der Waals surface area contributed by atoms with E-state index in [1.807, 2.05) is 53.3 Å². The van der Waals surface area contributed by atoms with Crippen molar-refractivity contribution in [3.63, 3.8) is 0 Å². The Balaban J connectivity index is 1.47. The molecule has 1 aromatic heterocycles. The summed E-state index contributed by atoms with van der Waals surface area (Å²) in [6, 6.07) is 17.2. The Morgan fingerprint density at radius 1 is 1.00 bits per heavy atom. The fourth-order valence-corrected chi connectivity index (χ4v) is 2.70. The first-order valence-corrected chi connectivity index (χ1v) is 9.41. The summed E-state index contributed by atoms with van der Waals surface area (Å²) in [6.45, 7) is 3.83. The lowest BCUT2D eigenvalue weighted by atomic mass is 10.1. The molecule has 0 radical (unpaired) electrons. The Morgan fingerprint density at radius 2 is 1.71 bits per heavy atom. The molecule has 6 heteroatoms. The zero-order valence-corrected chi connectivity index (χ0v) is 16.0. The van der Waals surface area contributed by atoms with Gasteiger partial charge < -0.3 is 14.8 Å². The number of hydrogen-bond donors (Lipinski definition) is 1. The number of ether oxygens (including phenoxy) is 2. The highest BCUT2D eigenvalue weighted by Gasteiger charge is 2.07. The van der Waals surface area contributed by atoms with Gasteiger partial charge in [0.05, 0.1) is 13.2 Å². The molecule has 0 atom stereocenters. The fourth-order valence-electron chi connectivity index (χ4n) is 2.70. The van der Waals surface area contributed by atoms with Crippen LogP contribution in [0.25, 0.3) is 0 Å². The third-order valence-electron chi connectivity index (χ3n) is 4.15. The molecule has 3 rings (SSSR count). The molecule has 146 valence electrons. The van der Waals surface area contributed by atoms with E-state index >= 15 is 0 Å². The summed E-state index contributed by atoms with van der Waals surface area (Å²) in [6.07, 6.45) is 4.63. The molecule has 0 aliphatic heterocycles. The van der Waals surface area contributed by atoms with Gasteiger partial charge in [-0.05, 0) is 47.9 Å². The number of rotatable bonds is 10. The lowest BCUT2D eigenvalue weighted by Gasteiger charge is -2.12. The molecule has 0 fully saturated rings. The Labute approximate surface area is 165 Å². The van der Waals surface area contributed by atoms with Gasteiger partial charge in [0.1, 0.15) is 11.5 Å². The number of hydrogen-bond acceptors (Lipinski definition) is 4. The van der Waals surface area contributed by atoms with Crippen LogP contribution in [0.2, 0.25) is 0 Å².